The number of carbonyl (C=O) groups excluding carboxylic acids is 1. The highest BCUT2D eigenvalue weighted by Gasteiger charge is 2.23. The highest BCUT2D eigenvalue weighted by atomic mass is 28.4. The highest BCUT2D eigenvalue weighted by Crippen LogP contribution is 2.14. The largest absolute Gasteiger partial charge is 0.458 e. The lowest BCUT2D eigenvalue weighted by Gasteiger charge is -2.26. The standard InChI is InChI=1S/C24H52O4Si2/c1-8-9-10-11-12-13-14-15-16-17-18-19-20-24(25)28-23(21-26-29(2,3)4)22-27-30(5,6)7/h23H,8-22H2,1-7H3. The zero-order chi connectivity index (χ0) is 22.9. The molecule has 0 aliphatic rings. The number of unbranched alkanes of at least 4 members (excludes halogenated alkanes) is 11. The molecule has 0 aromatic carbocycles. The minimum Gasteiger partial charge on any atom is -0.458 e. The zero-order valence-corrected chi connectivity index (χ0v) is 23.3. The number of carbonyl (C=O) groups is 1. The summed E-state index contributed by atoms with van der Waals surface area (Å²) in [5.41, 5.74) is 0. The second-order valence-electron chi connectivity index (χ2n) is 10.6. The third kappa shape index (κ3) is 22.5. The van der Waals surface area contributed by atoms with Gasteiger partial charge in [0, 0.05) is 6.42 Å². The number of hydrogen-bond donors (Lipinski definition) is 0. The molecule has 0 fully saturated rings. The van der Waals surface area contributed by atoms with Gasteiger partial charge in [-0.1, -0.05) is 77.6 Å². The first-order valence-electron chi connectivity index (χ1n) is 12.5. The van der Waals surface area contributed by atoms with Gasteiger partial charge in [0.25, 0.3) is 0 Å². The van der Waals surface area contributed by atoms with Crippen LogP contribution in [-0.4, -0.2) is 41.9 Å². The maximum Gasteiger partial charge on any atom is 0.306 e. The van der Waals surface area contributed by atoms with Gasteiger partial charge >= 0.3 is 5.97 Å². The monoisotopic (exact) mass is 460 g/mol. The minimum atomic E-state index is -1.64. The third-order valence-electron chi connectivity index (χ3n) is 4.94. The van der Waals surface area contributed by atoms with E-state index in [4.69, 9.17) is 13.6 Å². The molecule has 0 spiro atoms. The highest BCUT2D eigenvalue weighted by molar-refractivity contribution is 6.70. The molecule has 0 aromatic heterocycles. The Balaban J connectivity index is 3.86. The Kier molecular flexibility index (Phi) is 17.3. The van der Waals surface area contributed by atoms with Crippen molar-refractivity contribution in [2.75, 3.05) is 13.2 Å². The summed E-state index contributed by atoms with van der Waals surface area (Å²) in [6.45, 7) is 16.1. The van der Waals surface area contributed by atoms with Crippen molar-refractivity contribution in [3.8, 4) is 0 Å². The first-order valence-corrected chi connectivity index (χ1v) is 19.3. The molecule has 0 aromatic rings. The molecule has 6 heteroatoms. The average molecular weight is 461 g/mol. The normalized spacial score (nSPS) is 12.5. The molecule has 180 valence electrons. The molecule has 0 heterocycles. The van der Waals surface area contributed by atoms with Gasteiger partial charge in [0.2, 0.25) is 0 Å². The average Bonchev–Trinajstić information content (AvgIpc) is 2.63. The fourth-order valence-corrected chi connectivity index (χ4v) is 4.53. The van der Waals surface area contributed by atoms with Crippen molar-refractivity contribution < 1.29 is 18.4 Å². The first-order chi connectivity index (χ1) is 14.0. The van der Waals surface area contributed by atoms with Crippen LogP contribution in [0.3, 0.4) is 0 Å². The van der Waals surface area contributed by atoms with Crippen molar-refractivity contribution in [1.82, 2.24) is 0 Å². The summed E-state index contributed by atoms with van der Waals surface area (Å²) in [6.07, 6.45) is 15.8. The van der Waals surface area contributed by atoms with Crippen LogP contribution in [0.1, 0.15) is 90.4 Å². The summed E-state index contributed by atoms with van der Waals surface area (Å²) < 4.78 is 17.6. The molecule has 0 aliphatic heterocycles. The van der Waals surface area contributed by atoms with Crippen molar-refractivity contribution in [3.05, 3.63) is 0 Å². The van der Waals surface area contributed by atoms with E-state index in [1.54, 1.807) is 0 Å². The molecule has 0 amide bonds. The van der Waals surface area contributed by atoms with Crippen LogP contribution >= 0.6 is 0 Å². The zero-order valence-electron chi connectivity index (χ0n) is 21.3. The fourth-order valence-electron chi connectivity index (χ4n) is 3.16. The molecule has 0 radical (unpaired) electrons. The van der Waals surface area contributed by atoms with Gasteiger partial charge in [-0.3, -0.25) is 4.79 Å². The maximum atomic E-state index is 12.3. The number of ether oxygens (including phenoxy) is 1. The van der Waals surface area contributed by atoms with Crippen LogP contribution in [0, 0.1) is 0 Å². The predicted octanol–water partition coefficient (Wildman–Crippen LogP) is 7.69. The first kappa shape index (κ1) is 29.8. The molecule has 0 unspecified atom stereocenters. The fraction of sp³-hybridized carbons (Fsp3) is 0.958. The van der Waals surface area contributed by atoms with E-state index in [0.29, 0.717) is 19.6 Å². The van der Waals surface area contributed by atoms with Gasteiger partial charge in [-0.05, 0) is 45.7 Å². The maximum absolute atomic E-state index is 12.3. The molecule has 0 bridgehead atoms. The Labute approximate surface area is 190 Å². The molecular weight excluding hydrogens is 408 g/mol. The van der Waals surface area contributed by atoms with Crippen molar-refractivity contribution in [2.45, 2.75) is 136 Å². The van der Waals surface area contributed by atoms with Crippen molar-refractivity contribution in [2.24, 2.45) is 0 Å². The molecule has 0 rings (SSSR count). The summed E-state index contributed by atoms with van der Waals surface area (Å²) in [5.74, 6) is -0.106. The molecule has 0 aliphatic carbocycles. The van der Waals surface area contributed by atoms with E-state index >= 15 is 0 Å². The SMILES string of the molecule is CCCCCCCCCCCCCCC(=O)OC(CO[Si](C)(C)C)CO[Si](C)(C)C. The lowest BCUT2D eigenvalue weighted by molar-refractivity contribution is -0.152. The van der Waals surface area contributed by atoms with Gasteiger partial charge in [-0.25, -0.2) is 0 Å². The predicted molar refractivity (Wildman–Crippen MR) is 134 cm³/mol. The molecule has 0 saturated carbocycles. The number of hydrogen-bond acceptors (Lipinski definition) is 4. The minimum absolute atomic E-state index is 0.106. The topological polar surface area (TPSA) is 44.8 Å². The second kappa shape index (κ2) is 17.4. The van der Waals surface area contributed by atoms with E-state index in [9.17, 15) is 4.79 Å². The quantitative estimate of drug-likeness (QED) is 0.106. The van der Waals surface area contributed by atoms with E-state index in [1.165, 1.54) is 64.2 Å². The number of rotatable bonds is 20. The van der Waals surface area contributed by atoms with Crippen LogP contribution in [0.5, 0.6) is 0 Å². The number of esters is 1. The van der Waals surface area contributed by atoms with Gasteiger partial charge in [-0.2, -0.15) is 0 Å². The van der Waals surface area contributed by atoms with Crippen LogP contribution in [0.2, 0.25) is 39.3 Å². The summed E-state index contributed by atoms with van der Waals surface area (Å²) in [5, 5.41) is 0. The Morgan fingerprint density at radius 3 is 1.37 bits per heavy atom. The second-order valence-corrected chi connectivity index (χ2v) is 19.6. The van der Waals surface area contributed by atoms with Crippen LogP contribution in [0.25, 0.3) is 0 Å². The molecule has 0 atom stereocenters. The Bertz CT molecular complexity index is 398. The molecular formula is C24H52O4Si2. The summed E-state index contributed by atoms with van der Waals surface area (Å²) in [4.78, 5) is 12.3. The Hall–Kier alpha value is -0.176. The lowest BCUT2D eigenvalue weighted by Crippen LogP contribution is -2.38. The van der Waals surface area contributed by atoms with Crippen molar-refractivity contribution in [1.29, 1.82) is 0 Å². The summed E-state index contributed by atoms with van der Waals surface area (Å²) in [7, 11) is -3.28. The van der Waals surface area contributed by atoms with Gasteiger partial charge in [0.05, 0.1) is 13.2 Å². The Morgan fingerprint density at radius 2 is 1.00 bits per heavy atom. The van der Waals surface area contributed by atoms with Crippen molar-refractivity contribution in [3.63, 3.8) is 0 Å². The van der Waals surface area contributed by atoms with E-state index in [0.717, 1.165) is 12.8 Å². The molecule has 0 N–H and O–H groups in total. The summed E-state index contributed by atoms with van der Waals surface area (Å²) >= 11 is 0. The van der Waals surface area contributed by atoms with Crippen molar-refractivity contribution >= 4 is 22.6 Å². The smallest absolute Gasteiger partial charge is 0.306 e. The van der Waals surface area contributed by atoms with Crippen LogP contribution in [-0.2, 0) is 18.4 Å². The van der Waals surface area contributed by atoms with Gasteiger partial charge in [0.1, 0.15) is 6.10 Å². The molecule has 4 nitrogen and oxygen atoms in total. The van der Waals surface area contributed by atoms with Gasteiger partial charge < -0.3 is 13.6 Å². The van der Waals surface area contributed by atoms with E-state index in [2.05, 4.69) is 46.2 Å². The van der Waals surface area contributed by atoms with Crippen LogP contribution < -0.4 is 0 Å². The summed E-state index contributed by atoms with van der Waals surface area (Å²) in [6, 6.07) is 0. The molecule has 0 saturated heterocycles. The van der Waals surface area contributed by atoms with Gasteiger partial charge in [-0.15, -0.1) is 0 Å². The third-order valence-corrected chi connectivity index (χ3v) is 7.00. The molecule has 30 heavy (non-hydrogen) atoms. The van der Waals surface area contributed by atoms with E-state index in [-0.39, 0.29) is 12.1 Å². The van der Waals surface area contributed by atoms with Crippen LogP contribution in [0.15, 0.2) is 0 Å². The Morgan fingerprint density at radius 1 is 0.633 bits per heavy atom. The van der Waals surface area contributed by atoms with E-state index in [1.807, 2.05) is 0 Å². The van der Waals surface area contributed by atoms with E-state index < -0.39 is 16.6 Å². The lowest BCUT2D eigenvalue weighted by atomic mass is 10.0. The van der Waals surface area contributed by atoms with Gasteiger partial charge in [0.15, 0.2) is 16.6 Å². The van der Waals surface area contributed by atoms with Crippen LogP contribution in [0.4, 0.5) is 0 Å².